The average Bonchev–Trinajstić information content (AvgIpc) is 2.51. The summed E-state index contributed by atoms with van der Waals surface area (Å²) in [6, 6.07) is 6.15. The fourth-order valence-electron chi connectivity index (χ4n) is 2.12. The standard InChI is InChI=1S/C15H17ClFN3O2/c1-10-13(7-8-22-16)14(21)20(2)15(19-10)18-9-11-3-5-12(17)6-4-11/h3-6H,7-9H2,1-2H3,(H,18,19). The summed E-state index contributed by atoms with van der Waals surface area (Å²) in [6.45, 7) is 2.47. The summed E-state index contributed by atoms with van der Waals surface area (Å²) in [4.78, 5) is 16.7. The third-order valence-electron chi connectivity index (χ3n) is 3.38. The van der Waals surface area contributed by atoms with Crippen molar-refractivity contribution in [1.82, 2.24) is 9.55 Å². The summed E-state index contributed by atoms with van der Waals surface area (Å²) in [5, 5.41) is 3.09. The van der Waals surface area contributed by atoms with Gasteiger partial charge in [0.15, 0.2) is 0 Å². The second-order valence-corrected chi connectivity index (χ2v) is 5.13. The zero-order valence-electron chi connectivity index (χ0n) is 12.4. The first-order chi connectivity index (χ1) is 10.5. The second kappa shape index (κ2) is 7.38. The first-order valence-electron chi connectivity index (χ1n) is 6.81. The van der Waals surface area contributed by atoms with Crippen LogP contribution in [0.25, 0.3) is 0 Å². The molecule has 118 valence electrons. The zero-order valence-corrected chi connectivity index (χ0v) is 13.2. The van der Waals surface area contributed by atoms with Crippen molar-refractivity contribution < 1.29 is 8.68 Å². The van der Waals surface area contributed by atoms with Crippen LogP contribution in [0.1, 0.15) is 16.8 Å². The van der Waals surface area contributed by atoms with Gasteiger partial charge in [0.2, 0.25) is 5.95 Å². The molecule has 2 rings (SSSR count). The second-order valence-electron chi connectivity index (χ2n) is 4.91. The topological polar surface area (TPSA) is 56.2 Å². The van der Waals surface area contributed by atoms with E-state index in [4.69, 9.17) is 11.9 Å². The molecule has 0 radical (unpaired) electrons. The quantitative estimate of drug-likeness (QED) is 0.887. The maximum absolute atomic E-state index is 12.9. The third kappa shape index (κ3) is 3.84. The molecule has 0 aliphatic heterocycles. The third-order valence-corrected chi connectivity index (χ3v) is 3.54. The van der Waals surface area contributed by atoms with E-state index in [0.717, 1.165) is 5.56 Å². The summed E-state index contributed by atoms with van der Waals surface area (Å²) in [5.74, 6) is 0.179. The van der Waals surface area contributed by atoms with Crippen LogP contribution in [0.15, 0.2) is 29.1 Å². The molecule has 1 aromatic carbocycles. The van der Waals surface area contributed by atoms with E-state index in [1.165, 1.54) is 16.7 Å². The van der Waals surface area contributed by atoms with Gasteiger partial charge in [0.25, 0.3) is 5.56 Å². The largest absolute Gasteiger partial charge is 0.351 e. The van der Waals surface area contributed by atoms with E-state index in [1.807, 2.05) is 0 Å². The van der Waals surface area contributed by atoms with Gasteiger partial charge in [-0.2, -0.15) is 0 Å². The molecule has 0 aliphatic rings. The van der Waals surface area contributed by atoms with Gasteiger partial charge in [-0.3, -0.25) is 13.7 Å². The van der Waals surface area contributed by atoms with Crippen LogP contribution in [0.3, 0.4) is 0 Å². The average molecular weight is 326 g/mol. The molecule has 0 unspecified atom stereocenters. The normalized spacial score (nSPS) is 10.7. The lowest BCUT2D eigenvalue weighted by Crippen LogP contribution is -2.27. The lowest BCUT2D eigenvalue weighted by Gasteiger charge is -2.13. The van der Waals surface area contributed by atoms with Crippen LogP contribution >= 0.6 is 11.9 Å². The molecular formula is C15H17ClFN3O2. The minimum absolute atomic E-state index is 0.136. The van der Waals surface area contributed by atoms with Gasteiger partial charge >= 0.3 is 0 Å². The summed E-state index contributed by atoms with van der Waals surface area (Å²) in [5.41, 5.74) is 1.98. The number of rotatable bonds is 6. The highest BCUT2D eigenvalue weighted by Gasteiger charge is 2.11. The number of halogens is 2. The Morgan fingerprint density at radius 3 is 2.68 bits per heavy atom. The molecule has 7 heteroatoms. The lowest BCUT2D eigenvalue weighted by molar-refractivity contribution is 0.355. The van der Waals surface area contributed by atoms with Gasteiger partial charge in [-0.1, -0.05) is 12.1 Å². The SMILES string of the molecule is Cc1nc(NCc2ccc(F)cc2)n(C)c(=O)c1CCOCl. The smallest absolute Gasteiger partial charge is 0.258 e. The molecule has 0 atom stereocenters. The van der Waals surface area contributed by atoms with Crippen molar-refractivity contribution in [1.29, 1.82) is 0 Å². The Labute approximate surface area is 132 Å². The molecule has 0 aliphatic carbocycles. The number of hydrogen-bond acceptors (Lipinski definition) is 4. The number of anilines is 1. The molecule has 1 heterocycles. The van der Waals surface area contributed by atoms with Crippen LogP contribution in [0, 0.1) is 12.7 Å². The van der Waals surface area contributed by atoms with Gasteiger partial charge in [-0.25, -0.2) is 9.37 Å². The maximum Gasteiger partial charge on any atom is 0.258 e. The van der Waals surface area contributed by atoms with Crippen molar-refractivity contribution in [3.8, 4) is 0 Å². The van der Waals surface area contributed by atoms with E-state index < -0.39 is 0 Å². The Hall–Kier alpha value is -1.92. The van der Waals surface area contributed by atoms with E-state index in [2.05, 4.69) is 14.6 Å². The summed E-state index contributed by atoms with van der Waals surface area (Å²) in [6.07, 6.45) is 0.410. The van der Waals surface area contributed by atoms with E-state index >= 15 is 0 Å². The molecule has 1 N–H and O–H groups in total. The number of nitrogens with one attached hydrogen (secondary N) is 1. The first kappa shape index (κ1) is 16.5. The van der Waals surface area contributed by atoms with Crippen LogP contribution in [0.4, 0.5) is 10.3 Å². The molecule has 22 heavy (non-hydrogen) atoms. The molecular weight excluding hydrogens is 309 g/mol. The van der Waals surface area contributed by atoms with Gasteiger partial charge < -0.3 is 5.32 Å². The van der Waals surface area contributed by atoms with Crippen molar-refractivity contribution in [2.75, 3.05) is 11.9 Å². The van der Waals surface area contributed by atoms with Crippen molar-refractivity contribution in [2.24, 2.45) is 7.05 Å². The van der Waals surface area contributed by atoms with Crippen LogP contribution in [-0.4, -0.2) is 16.2 Å². The molecule has 5 nitrogen and oxygen atoms in total. The highest BCUT2D eigenvalue weighted by molar-refractivity contribution is 6.07. The molecule has 0 fully saturated rings. The Morgan fingerprint density at radius 1 is 1.36 bits per heavy atom. The number of hydrogen-bond donors (Lipinski definition) is 1. The summed E-state index contributed by atoms with van der Waals surface area (Å²) in [7, 11) is 1.65. The van der Waals surface area contributed by atoms with Crippen molar-refractivity contribution in [3.63, 3.8) is 0 Å². The fraction of sp³-hybridized carbons (Fsp3) is 0.333. The first-order valence-corrected chi connectivity index (χ1v) is 7.12. The Bertz CT molecular complexity index is 701. The zero-order chi connectivity index (χ0) is 16.1. The van der Waals surface area contributed by atoms with Crippen molar-refractivity contribution >= 4 is 17.8 Å². The Morgan fingerprint density at radius 2 is 2.05 bits per heavy atom. The number of benzene rings is 1. The minimum Gasteiger partial charge on any atom is -0.351 e. The highest BCUT2D eigenvalue weighted by Crippen LogP contribution is 2.09. The monoisotopic (exact) mass is 325 g/mol. The molecule has 0 spiro atoms. The van der Waals surface area contributed by atoms with Crippen LogP contribution in [0.2, 0.25) is 0 Å². The van der Waals surface area contributed by atoms with Crippen LogP contribution in [-0.2, 0) is 24.3 Å². The van der Waals surface area contributed by atoms with Gasteiger partial charge in [0.1, 0.15) is 5.82 Å². The minimum atomic E-state index is -0.281. The fourth-order valence-corrected chi connectivity index (χ4v) is 2.20. The van der Waals surface area contributed by atoms with Gasteiger partial charge in [0, 0.05) is 25.6 Å². The number of aryl methyl sites for hydroxylation is 1. The predicted octanol–water partition coefficient (Wildman–Crippen LogP) is 2.55. The predicted molar refractivity (Wildman–Crippen MR) is 83.5 cm³/mol. The molecule has 0 bridgehead atoms. The van der Waals surface area contributed by atoms with Gasteiger partial charge in [-0.15, -0.1) is 0 Å². The van der Waals surface area contributed by atoms with E-state index in [1.54, 1.807) is 26.1 Å². The number of nitrogens with zero attached hydrogens (tertiary/aromatic N) is 2. The highest BCUT2D eigenvalue weighted by atomic mass is 35.5. The van der Waals surface area contributed by atoms with E-state index in [-0.39, 0.29) is 18.0 Å². The lowest BCUT2D eigenvalue weighted by atomic mass is 10.2. The van der Waals surface area contributed by atoms with Crippen LogP contribution < -0.4 is 10.9 Å². The van der Waals surface area contributed by atoms with Crippen molar-refractivity contribution in [3.05, 3.63) is 57.3 Å². The molecule has 0 saturated carbocycles. The summed E-state index contributed by atoms with van der Waals surface area (Å²) < 4.78 is 18.8. The van der Waals surface area contributed by atoms with Crippen molar-refractivity contribution in [2.45, 2.75) is 19.9 Å². The maximum atomic E-state index is 12.9. The van der Waals surface area contributed by atoms with E-state index in [9.17, 15) is 9.18 Å². The number of aromatic nitrogens is 2. The van der Waals surface area contributed by atoms with Gasteiger partial charge in [0.05, 0.1) is 24.2 Å². The Balaban J connectivity index is 2.18. The van der Waals surface area contributed by atoms with E-state index in [0.29, 0.717) is 30.2 Å². The molecule has 0 amide bonds. The summed E-state index contributed by atoms with van der Waals surface area (Å²) >= 11 is 5.19. The molecule has 1 aromatic heterocycles. The van der Waals surface area contributed by atoms with Gasteiger partial charge in [-0.05, 0) is 24.6 Å². The molecule has 2 aromatic rings. The molecule has 0 saturated heterocycles. The van der Waals surface area contributed by atoms with Crippen LogP contribution in [0.5, 0.6) is 0 Å². The Kier molecular flexibility index (Phi) is 5.51.